The van der Waals surface area contributed by atoms with Gasteiger partial charge >= 0.3 is 35.5 Å². The van der Waals surface area contributed by atoms with Gasteiger partial charge in [-0.05, 0) is 63.1 Å². The maximum atomic E-state index is 12.6. The molecule has 0 bridgehead atoms. The fourth-order valence-corrected chi connectivity index (χ4v) is 3.90. The summed E-state index contributed by atoms with van der Waals surface area (Å²) in [5.41, 5.74) is 3.95. The van der Waals surface area contributed by atoms with E-state index in [9.17, 15) is 14.7 Å². The molecule has 0 aliphatic rings. The predicted octanol–water partition coefficient (Wildman–Crippen LogP) is 5.87. The number of carbonyl (C=O) groups excluding carboxylic acids is 1. The van der Waals surface area contributed by atoms with E-state index in [0.29, 0.717) is 5.95 Å². The van der Waals surface area contributed by atoms with Crippen LogP contribution in [0.2, 0.25) is 10.0 Å². The fourth-order valence-electron chi connectivity index (χ4n) is 3.33. The zero-order valence-corrected chi connectivity index (χ0v) is 21.6. The number of carboxylic acids is 1. The van der Waals surface area contributed by atoms with E-state index < -0.39 is 17.9 Å². The van der Waals surface area contributed by atoms with Gasteiger partial charge < -0.3 is 10.4 Å². The number of benzene rings is 2. The van der Waals surface area contributed by atoms with Gasteiger partial charge in [0.15, 0.2) is 0 Å². The molecule has 0 radical (unpaired) electrons. The van der Waals surface area contributed by atoms with Gasteiger partial charge in [-0.1, -0.05) is 59.1 Å². The van der Waals surface area contributed by atoms with Crippen molar-refractivity contribution in [1.29, 1.82) is 0 Å². The van der Waals surface area contributed by atoms with Gasteiger partial charge in [-0.3, -0.25) is 9.69 Å². The summed E-state index contributed by atoms with van der Waals surface area (Å²) in [6, 6.07) is 13.0. The van der Waals surface area contributed by atoms with Gasteiger partial charge in [0.1, 0.15) is 6.04 Å². The number of nitrogens with one attached hydrogen (secondary N) is 1. The SMILES string of the molecule is CC(C)=C(C)N(c1ccc(/C=C/CC(NC(=O)c2c(Cl)cccc2Cl)C(=O)O)cc1)c1ncccn1.[NaH]. The van der Waals surface area contributed by atoms with Crippen LogP contribution in [0.4, 0.5) is 11.6 Å². The van der Waals surface area contributed by atoms with Gasteiger partial charge in [0.25, 0.3) is 5.91 Å². The van der Waals surface area contributed by atoms with E-state index in [0.717, 1.165) is 22.5 Å². The second-order valence-electron chi connectivity index (χ2n) is 8.16. The Balaban J connectivity index is 0.00000481. The molecular formula is C27H27Cl2N4NaO3. The summed E-state index contributed by atoms with van der Waals surface area (Å²) in [4.78, 5) is 35.0. The van der Waals surface area contributed by atoms with Crippen LogP contribution in [0.15, 0.2) is 78.3 Å². The van der Waals surface area contributed by atoms with Crippen LogP contribution in [0.1, 0.15) is 43.1 Å². The minimum absolute atomic E-state index is 0. The molecule has 3 rings (SSSR count). The van der Waals surface area contributed by atoms with Crippen LogP contribution in [0, 0.1) is 0 Å². The number of carbonyl (C=O) groups is 2. The van der Waals surface area contributed by atoms with Crippen molar-refractivity contribution in [2.75, 3.05) is 4.90 Å². The molecule has 0 aliphatic carbocycles. The van der Waals surface area contributed by atoms with Crippen molar-refractivity contribution >= 4 is 82.3 Å². The third-order valence-corrected chi connectivity index (χ3v) is 6.07. The van der Waals surface area contributed by atoms with Gasteiger partial charge in [-0.25, -0.2) is 14.8 Å². The van der Waals surface area contributed by atoms with Crippen molar-refractivity contribution in [2.45, 2.75) is 33.2 Å². The van der Waals surface area contributed by atoms with Crippen molar-refractivity contribution < 1.29 is 14.7 Å². The number of allylic oxidation sites excluding steroid dienone is 2. The Kier molecular flexibility index (Phi) is 11.8. The Morgan fingerprint density at radius 2 is 1.59 bits per heavy atom. The van der Waals surface area contributed by atoms with Crippen LogP contribution < -0.4 is 10.2 Å². The monoisotopic (exact) mass is 548 g/mol. The summed E-state index contributed by atoms with van der Waals surface area (Å²) < 4.78 is 0. The van der Waals surface area contributed by atoms with Crippen molar-refractivity contribution in [1.82, 2.24) is 15.3 Å². The van der Waals surface area contributed by atoms with Gasteiger partial charge in [0.05, 0.1) is 15.6 Å². The predicted molar refractivity (Wildman–Crippen MR) is 151 cm³/mol. The zero-order chi connectivity index (χ0) is 26.2. The van der Waals surface area contributed by atoms with Crippen molar-refractivity contribution in [3.8, 4) is 0 Å². The molecule has 1 unspecified atom stereocenters. The molecule has 1 atom stereocenters. The molecule has 0 saturated heterocycles. The third-order valence-electron chi connectivity index (χ3n) is 5.44. The van der Waals surface area contributed by atoms with E-state index in [2.05, 4.69) is 15.3 Å². The second-order valence-corrected chi connectivity index (χ2v) is 8.97. The Morgan fingerprint density at radius 3 is 2.14 bits per heavy atom. The van der Waals surface area contributed by atoms with E-state index in [1.54, 1.807) is 36.7 Å². The number of halogens is 2. The van der Waals surface area contributed by atoms with Gasteiger partial charge in [-0.15, -0.1) is 0 Å². The first-order chi connectivity index (χ1) is 17.2. The van der Waals surface area contributed by atoms with Crippen molar-refractivity contribution in [3.05, 3.63) is 99.4 Å². The number of carboxylic acid groups (broad SMARTS) is 1. The summed E-state index contributed by atoms with van der Waals surface area (Å²) >= 11 is 12.1. The van der Waals surface area contributed by atoms with E-state index in [-0.39, 0.29) is 51.6 Å². The normalized spacial score (nSPS) is 11.4. The standard InChI is InChI=1S/C27H26Cl2N4O3.Na.H/c1-17(2)18(3)33(27-30-15-6-16-31-27)20-13-11-19(12-14-20)7-4-10-23(26(35)36)32-25(34)24-21(28)8-5-9-22(24)29;;/h4-9,11-16,23H,10H2,1-3H3,(H,32,34)(H,35,36);;/b7-4+;;. The van der Waals surface area contributed by atoms with E-state index >= 15 is 0 Å². The van der Waals surface area contributed by atoms with Crippen LogP contribution in [-0.4, -0.2) is 62.6 Å². The molecule has 0 saturated carbocycles. The quantitative estimate of drug-likeness (QED) is 0.324. The number of anilines is 2. The molecule has 188 valence electrons. The zero-order valence-electron chi connectivity index (χ0n) is 20.1. The third kappa shape index (κ3) is 8.15. The molecule has 10 heteroatoms. The molecule has 0 aliphatic heterocycles. The first-order valence-corrected chi connectivity index (χ1v) is 11.9. The number of nitrogens with zero attached hydrogens (tertiary/aromatic N) is 3. The van der Waals surface area contributed by atoms with Gasteiger partial charge in [-0.2, -0.15) is 0 Å². The van der Waals surface area contributed by atoms with Gasteiger partial charge in [0.2, 0.25) is 5.95 Å². The molecule has 1 aromatic heterocycles. The average molecular weight is 549 g/mol. The van der Waals surface area contributed by atoms with Crippen LogP contribution in [-0.2, 0) is 4.79 Å². The first kappa shape index (κ1) is 30.5. The molecule has 37 heavy (non-hydrogen) atoms. The summed E-state index contributed by atoms with van der Waals surface area (Å²) in [6.45, 7) is 6.06. The average Bonchev–Trinajstić information content (AvgIpc) is 2.85. The Morgan fingerprint density at radius 1 is 1.00 bits per heavy atom. The van der Waals surface area contributed by atoms with Crippen LogP contribution >= 0.6 is 23.2 Å². The molecule has 2 N–H and O–H groups in total. The number of hydrogen-bond donors (Lipinski definition) is 2. The maximum absolute atomic E-state index is 12.6. The number of amides is 1. The van der Waals surface area contributed by atoms with Gasteiger partial charge in [0, 0.05) is 23.8 Å². The fraction of sp³-hybridized carbons (Fsp3) is 0.185. The van der Waals surface area contributed by atoms with Crippen LogP contribution in [0.5, 0.6) is 0 Å². The molecule has 1 amide bonds. The van der Waals surface area contributed by atoms with E-state index in [4.69, 9.17) is 23.2 Å². The summed E-state index contributed by atoms with van der Waals surface area (Å²) in [6.07, 6.45) is 6.96. The minimum atomic E-state index is -1.16. The Bertz CT molecular complexity index is 1270. The molecule has 3 aromatic rings. The van der Waals surface area contributed by atoms with E-state index in [1.807, 2.05) is 49.9 Å². The number of aromatic nitrogens is 2. The summed E-state index contributed by atoms with van der Waals surface area (Å²) in [5, 5.41) is 12.4. The molecule has 2 aromatic carbocycles. The molecule has 0 fully saturated rings. The molecular weight excluding hydrogens is 522 g/mol. The molecule has 0 spiro atoms. The first-order valence-electron chi connectivity index (χ1n) is 11.1. The summed E-state index contributed by atoms with van der Waals surface area (Å²) in [5.74, 6) is -1.24. The van der Waals surface area contributed by atoms with Crippen molar-refractivity contribution in [2.24, 2.45) is 0 Å². The second kappa shape index (κ2) is 14.3. The topological polar surface area (TPSA) is 95.4 Å². The van der Waals surface area contributed by atoms with Crippen molar-refractivity contribution in [3.63, 3.8) is 0 Å². The number of rotatable bonds is 9. The van der Waals surface area contributed by atoms with E-state index in [1.165, 1.54) is 12.1 Å². The molecule has 1 heterocycles. The Hall–Kier alpha value is -2.68. The van der Waals surface area contributed by atoms with Crippen LogP contribution in [0.3, 0.4) is 0 Å². The Labute approximate surface area is 248 Å². The summed E-state index contributed by atoms with van der Waals surface area (Å²) in [7, 11) is 0. The van der Waals surface area contributed by atoms with Crippen LogP contribution in [0.25, 0.3) is 6.08 Å². The molecule has 7 nitrogen and oxygen atoms in total. The number of hydrogen-bond acceptors (Lipinski definition) is 5. The number of aliphatic carboxylic acids is 1.